The van der Waals surface area contributed by atoms with E-state index in [1.807, 2.05) is 24.3 Å². The van der Waals surface area contributed by atoms with Gasteiger partial charge in [0.2, 0.25) is 0 Å². The number of fused-ring (bicyclic) bond motifs is 1. The Kier molecular flexibility index (Phi) is 6.85. The maximum Gasteiger partial charge on any atom is 0.179 e. The average molecular weight is 447 g/mol. The molecule has 2 atom stereocenters. The summed E-state index contributed by atoms with van der Waals surface area (Å²) in [6.45, 7) is 4.36. The van der Waals surface area contributed by atoms with E-state index in [1.54, 1.807) is 0 Å². The SMILES string of the molecule is CCCC[C@@]1(CC)C[C@H](c2ccccc2)c2cc(Cc3ccccc3)ccc2S(=O)(=O)C1. The molecule has 1 aliphatic rings. The van der Waals surface area contributed by atoms with Crippen molar-refractivity contribution in [2.75, 3.05) is 5.75 Å². The summed E-state index contributed by atoms with van der Waals surface area (Å²) in [6.07, 6.45) is 5.71. The molecular formula is C29H34O2S. The summed E-state index contributed by atoms with van der Waals surface area (Å²) < 4.78 is 27.4. The highest BCUT2D eigenvalue weighted by Gasteiger charge is 2.42. The van der Waals surface area contributed by atoms with Crippen LogP contribution in [-0.4, -0.2) is 14.2 Å². The van der Waals surface area contributed by atoms with Gasteiger partial charge in [-0.1, -0.05) is 99.5 Å². The van der Waals surface area contributed by atoms with Crippen molar-refractivity contribution in [2.24, 2.45) is 5.41 Å². The molecule has 3 aromatic rings. The Labute approximate surface area is 193 Å². The molecule has 0 fully saturated rings. The van der Waals surface area contributed by atoms with Crippen LogP contribution in [0.15, 0.2) is 83.8 Å². The molecule has 3 aromatic carbocycles. The maximum absolute atomic E-state index is 13.7. The van der Waals surface area contributed by atoms with Gasteiger partial charge in [-0.15, -0.1) is 0 Å². The molecule has 0 radical (unpaired) electrons. The zero-order valence-electron chi connectivity index (χ0n) is 19.3. The summed E-state index contributed by atoms with van der Waals surface area (Å²) in [4.78, 5) is 0.537. The van der Waals surface area contributed by atoms with Gasteiger partial charge in [0.1, 0.15) is 0 Å². The number of benzene rings is 3. The minimum Gasteiger partial charge on any atom is -0.224 e. The van der Waals surface area contributed by atoms with Crippen molar-refractivity contribution in [3.05, 3.63) is 101 Å². The lowest BCUT2D eigenvalue weighted by molar-refractivity contribution is 0.247. The lowest BCUT2D eigenvalue weighted by atomic mass is 9.71. The first-order valence-corrected chi connectivity index (χ1v) is 13.6. The molecule has 0 aliphatic carbocycles. The van der Waals surface area contributed by atoms with Gasteiger partial charge in [0.25, 0.3) is 0 Å². The normalized spacial score (nSPS) is 22.1. The van der Waals surface area contributed by atoms with Gasteiger partial charge in [0.05, 0.1) is 10.6 Å². The number of unbranched alkanes of at least 4 members (excludes halogenated alkanes) is 1. The van der Waals surface area contributed by atoms with Crippen LogP contribution in [0.5, 0.6) is 0 Å². The summed E-state index contributed by atoms with van der Waals surface area (Å²) in [5.41, 5.74) is 4.43. The lowest BCUT2D eigenvalue weighted by Gasteiger charge is -2.34. The quantitative estimate of drug-likeness (QED) is 0.385. The molecule has 0 unspecified atom stereocenters. The second-order valence-electron chi connectivity index (χ2n) is 9.42. The van der Waals surface area contributed by atoms with Crippen molar-refractivity contribution < 1.29 is 8.42 Å². The monoisotopic (exact) mass is 446 g/mol. The van der Waals surface area contributed by atoms with Gasteiger partial charge < -0.3 is 0 Å². The van der Waals surface area contributed by atoms with E-state index in [0.29, 0.717) is 4.90 Å². The van der Waals surface area contributed by atoms with E-state index in [-0.39, 0.29) is 17.1 Å². The first-order chi connectivity index (χ1) is 15.5. The van der Waals surface area contributed by atoms with Gasteiger partial charge in [-0.2, -0.15) is 0 Å². The highest BCUT2D eigenvalue weighted by molar-refractivity contribution is 7.91. The second-order valence-corrected chi connectivity index (χ2v) is 11.4. The van der Waals surface area contributed by atoms with E-state index in [9.17, 15) is 8.42 Å². The van der Waals surface area contributed by atoms with E-state index in [2.05, 4.69) is 68.4 Å². The number of hydrogen-bond acceptors (Lipinski definition) is 2. The third-order valence-corrected chi connectivity index (χ3v) is 9.22. The number of sulfone groups is 1. The van der Waals surface area contributed by atoms with Crippen molar-refractivity contribution >= 4 is 9.84 Å². The fraction of sp³-hybridized carbons (Fsp3) is 0.379. The molecule has 32 heavy (non-hydrogen) atoms. The van der Waals surface area contributed by atoms with Crippen LogP contribution in [0.25, 0.3) is 0 Å². The molecule has 0 saturated heterocycles. The van der Waals surface area contributed by atoms with Gasteiger partial charge in [-0.25, -0.2) is 8.42 Å². The fourth-order valence-electron chi connectivity index (χ4n) is 5.31. The Morgan fingerprint density at radius 3 is 2.22 bits per heavy atom. The summed E-state index contributed by atoms with van der Waals surface area (Å²) in [5, 5.41) is 0. The van der Waals surface area contributed by atoms with Crippen LogP contribution < -0.4 is 0 Å². The van der Waals surface area contributed by atoms with E-state index >= 15 is 0 Å². The van der Waals surface area contributed by atoms with Crippen LogP contribution >= 0.6 is 0 Å². The zero-order valence-corrected chi connectivity index (χ0v) is 20.1. The molecule has 4 rings (SSSR count). The van der Waals surface area contributed by atoms with Crippen LogP contribution in [-0.2, 0) is 16.3 Å². The maximum atomic E-state index is 13.7. The van der Waals surface area contributed by atoms with Crippen LogP contribution in [0.4, 0.5) is 0 Å². The van der Waals surface area contributed by atoms with Crippen LogP contribution in [0.1, 0.15) is 74.1 Å². The van der Waals surface area contributed by atoms with Crippen LogP contribution in [0.2, 0.25) is 0 Å². The average Bonchev–Trinajstić information content (AvgIpc) is 2.91. The first-order valence-electron chi connectivity index (χ1n) is 11.9. The van der Waals surface area contributed by atoms with Crippen LogP contribution in [0.3, 0.4) is 0 Å². The summed E-state index contributed by atoms with van der Waals surface area (Å²) >= 11 is 0. The third-order valence-electron chi connectivity index (χ3n) is 7.18. The minimum absolute atomic E-state index is 0.0935. The summed E-state index contributed by atoms with van der Waals surface area (Å²) in [5.74, 6) is 0.348. The van der Waals surface area contributed by atoms with E-state index < -0.39 is 9.84 Å². The second kappa shape index (κ2) is 9.62. The Bertz CT molecular complexity index is 1140. The first kappa shape index (κ1) is 22.8. The molecule has 1 aliphatic heterocycles. The molecule has 0 aromatic heterocycles. The van der Waals surface area contributed by atoms with Crippen molar-refractivity contribution in [3.63, 3.8) is 0 Å². The van der Waals surface area contributed by atoms with Gasteiger partial charge in [-0.05, 0) is 59.4 Å². The summed E-state index contributed by atoms with van der Waals surface area (Å²) in [7, 11) is -3.36. The Hall–Kier alpha value is -2.39. The fourth-order valence-corrected chi connectivity index (χ4v) is 7.57. The zero-order chi connectivity index (χ0) is 22.6. The van der Waals surface area contributed by atoms with Crippen LogP contribution in [0, 0.1) is 5.41 Å². The van der Waals surface area contributed by atoms with E-state index in [4.69, 9.17) is 0 Å². The van der Waals surface area contributed by atoms with Gasteiger partial charge in [0.15, 0.2) is 9.84 Å². The molecule has 0 N–H and O–H groups in total. The van der Waals surface area contributed by atoms with E-state index in [1.165, 1.54) is 16.7 Å². The predicted octanol–water partition coefficient (Wildman–Crippen LogP) is 7.17. The minimum atomic E-state index is -3.36. The lowest BCUT2D eigenvalue weighted by Crippen LogP contribution is -2.29. The standard InChI is InChI=1S/C29H34O2S/c1-3-5-18-29(4-2)21-27(25-14-10-7-11-15-25)26-20-24(19-23-12-8-6-9-13-23)16-17-28(26)32(30,31)22-29/h6-17,20,27H,3-5,18-19,21-22H2,1-2H3/t27-,29+/m1/s1. The highest BCUT2D eigenvalue weighted by Crippen LogP contribution is 2.48. The predicted molar refractivity (Wildman–Crippen MR) is 133 cm³/mol. The molecule has 2 nitrogen and oxygen atoms in total. The molecule has 3 heteroatoms. The molecule has 0 saturated carbocycles. The van der Waals surface area contributed by atoms with Crippen molar-refractivity contribution in [3.8, 4) is 0 Å². The molecule has 0 spiro atoms. The molecular weight excluding hydrogens is 412 g/mol. The number of hydrogen-bond donors (Lipinski definition) is 0. The van der Waals surface area contributed by atoms with E-state index in [0.717, 1.165) is 44.1 Å². The molecule has 0 amide bonds. The third kappa shape index (κ3) is 4.83. The topological polar surface area (TPSA) is 34.1 Å². The Morgan fingerprint density at radius 1 is 0.875 bits per heavy atom. The summed E-state index contributed by atoms with van der Waals surface area (Å²) in [6, 6.07) is 27.0. The molecule has 1 heterocycles. The molecule has 0 bridgehead atoms. The van der Waals surface area contributed by atoms with Crippen molar-refractivity contribution in [1.29, 1.82) is 0 Å². The van der Waals surface area contributed by atoms with Gasteiger partial charge in [-0.3, -0.25) is 0 Å². The van der Waals surface area contributed by atoms with Gasteiger partial charge in [0, 0.05) is 5.92 Å². The smallest absolute Gasteiger partial charge is 0.179 e. The van der Waals surface area contributed by atoms with Crippen molar-refractivity contribution in [1.82, 2.24) is 0 Å². The largest absolute Gasteiger partial charge is 0.224 e. The Balaban J connectivity index is 1.84. The Morgan fingerprint density at radius 2 is 1.56 bits per heavy atom. The highest BCUT2D eigenvalue weighted by atomic mass is 32.2. The number of rotatable bonds is 7. The molecule has 168 valence electrons. The van der Waals surface area contributed by atoms with Crippen molar-refractivity contribution in [2.45, 2.75) is 63.2 Å². The van der Waals surface area contributed by atoms with Gasteiger partial charge >= 0.3 is 0 Å².